The summed E-state index contributed by atoms with van der Waals surface area (Å²) in [7, 11) is 0. The van der Waals surface area contributed by atoms with Crippen molar-refractivity contribution in [1.82, 2.24) is 0 Å². The lowest BCUT2D eigenvalue weighted by molar-refractivity contribution is 0.0437. The minimum atomic E-state index is -0.405. The summed E-state index contributed by atoms with van der Waals surface area (Å²) in [4.78, 5) is 22.0. The van der Waals surface area contributed by atoms with Crippen molar-refractivity contribution in [2.45, 2.75) is 51.4 Å². The molecule has 0 bridgehead atoms. The second kappa shape index (κ2) is 4.37. The summed E-state index contributed by atoms with van der Waals surface area (Å²) in [5.74, 6) is 0. The van der Waals surface area contributed by atoms with Gasteiger partial charge in [-0.3, -0.25) is 9.59 Å². The van der Waals surface area contributed by atoms with Crippen LogP contribution in [0, 0.1) is 0 Å². The fourth-order valence-electron chi connectivity index (χ4n) is 2.21. The van der Waals surface area contributed by atoms with Crippen LogP contribution in [0.25, 0.3) is 0 Å². The van der Waals surface area contributed by atoms with E-state index < -0.39 is 10.9 Å². The third-order valence-electron chi connectivity index (χ3n) is 3.24. The predicted molar refractivity (Wildman–Crippen MR) is 62.6 cm³/mol. The highest BCUT2D eigenvalue weighted by Gasteiger charge is 2.29. The molecule has 0 aliphatic carbocycles. The van der Waals surface area contributed by atoms with Gasteiger partial charge in [0, 0.05) is 6.07 Å². The van der Waals surface area contributed by atoms with Gasteiger partial charge in [0.05, 0.1) is 23.9 Å². The number of hydrogen-bond acceptors (Lipinski definition) is 4. The molecule has 16 heavy (non-hydrogen) atoms. The fourth-order valence-corrected chi connectivity index (χ4v) is 2.21. The third kappa shape index (κ3) is 2.02. The average molecular weight is 223 g/mol. The molecule has 1 aliphatic heterocycles. The molecule has 0 radical (unpaired) electrons. The van der Waals surface area contributed by atoms with Crippen LogP contribution in [-0.4, -0.2) is 18.2 Å². The molecule has 4 nitrogen and oxygen atoms in total. The van der Waals surface area contributed by atoms with Crippen molar-refractivity contribution in [1.29, 1.82) is 0 Å². The van der Waals surface area contributed by atoms with E-state index in [1.54, 1.807) is 0 Å². The van der Waals surface area contributed by atoms with E-state index in [1.807, 2.05) is 0 Å². The van der Waals surface area contributed by atoms with Crippen molar-refractivity contribution in [2.24, 2.45) is 0 Å². The zero-order valence-corrected chi connectivity index (χ0v) is 9.66. The Kier molecular flexibility index (Phi) is 3.10. The maximum Gasteiger partial charge on any atom is 0.248 e. The van der Waals surface area contributed by atoms with Gasteiger partial charge in [0.2, 0.25) is 10.9 Å². The molecule has 3 atom stereocenters. The van der Waals surface area contributed by atoms with Crippen LogP contribution in [0.15, 0.2) is 15.7 Å². The van der Waals surface area contributed by atoms with Gasteiger partial charge >= 0.3 is 0 Å². The van der Waals surface area contributed by atoms with Crippen LogP contribution < -0.4 is 16.2 Å². The van der Waals surface area contributed by atoms with E-state index >= 15 is 0 Å². The largest absolute Gasteiger partial charge is 0.376 e. The highest BCUT2D eigenvalue weighted by Crippen LogP contribution is 2.24. The van der Waals surface area contributed by atoms with Crippen LogP contribution in [0.5, 0.6) is 0 Å². The second-order valence-electron chi connectivity index (χ2n) is 4.47. The van der Waals surface area contributed by atoms with E-state index in [9.17, 15) is 9.59 Å². The van der Waals surface area contributed by atoms with Crippen LogP contribution in [-0.2, 0) is 4.74 Å². The van der Waals surface area contributed by atoms with Crippen LogP contribution in [0.4, 0.5) is 5.69 Å². The van der Waals surface area contributed by atoms with Gasteiger partial charge in [-0.1, -0.05) is 6.92 Å². The zero-order valence-electron chi connectivity index (χ0n) is 9.66. The molecule has 0 aromatic heterocycles. The Hall–Kier alpha value is -1.16. The van der Waals surface area contributed by atoms with Crippen molar-refractivity contribution in [3.05, 3.63) is 26.5 Å². The van der Waals surface area contributed by atoms with E-state index in [0.29, 0.717) is 11.8 Å². The molecule has 1 heterocycles. The first-order valence-corrected chi connectivity index (χ1v) is 5.84. The van der Waals surface area contributed by atoms with Crippen LogP contribution in [0.2, 0.25) is 0 Å². The van der Waals surface area contributed by atoms with Gasteiger partial charge in [0.25, 0.3) is 0 Å². The van der Waals surface area contributed by atoms with Gasteiger partial charge in [-0.15, -0.1) is 0 Å². The Bertz CT molecular complexity index is 433. The van der Waals surface area contributed by atoms with E-state index in [2.05, 4.69) is 19.2 Å². The Morgan fingerprint density at radius 1 is 1.50 bits per heavy atom. The monoisotopic (exact) mass is 223 g/mol. The Labute approximate surface area is 94.3 Å². The standard InChI is InChI=1S/C12H17NO3/c1-3-8(11-5-4-7(2)16-11)13-9-6-10(14)12(9)15/h6-8,11,13H,3-5H2,1-2H3/t7-,8-,11-/m1/s1. The molecular weight excluding hydrogens is 206 g/mol. The minimum absolute atomic E-state index is 0.133. The third-order valence-corrected chi connectivity index (χ3v) is 3.24. The maximum absolute atomic E-state index is 11.2. The fraction of sp³-hybridized carbons (Fsp3) is 0.667. The molecule has 88 valence electrons. The van der Waals surface area contributed by atoms with E-state index in [0.717, 1.165) is 19.3 Å². The molecule has 4 heteroatoms. The van der Waals surface area contributed by atoms with Crippen molar-refractivity contribution in [3.63, 3.8) is 0 Å². The topological polar surface area (TPSA) is 55.4 Å². The summed E-state index contributed by atoms with van der Waals surface area (Å²) in [6, 6.07) is 1.50. The van der Waals surface area contributed by atoms with Crippen LogP contribution >= 0.6 is 0 Å². The highest BCUT2D eigenvalue weighted by molar-refractivity contribution is 5.48. The molecule has 1 aromatic rings. The maximum atomic E-state index is 11.2. The molecule has 2 rings (SSSR count). The van der Waals surface area contributed by atoms with Crippen molar-refractivity contribution >= 4 is 5.69 Å². The van der Waals surface area contributed by atoms with Crippen molar-refractivity contribution in [3.8, 4) is 0 Å². The van der Waals surface area contributed by atoms with Crippen molar-refractivity contribution < 1.29 is 4.74 Å². The Balaban J connectivity index is 1.99. The molecule has 0 saturated carbocycles. The summed E-state index contributed by atoms with van der Waals surface area (Å²) in [6.07, 6.45) is 3.42. The van der Waals surface area contributed by atoms with E-state index in [4.69, 9.17) is 4.74 Å². The molecule has 1 aromatic carbocycles. The van der Waals surface area contributed by atoms with Gasteiger partial charge in [-0.05, 0) is 26.2 Å². The van der Waals surface area contributed by atoms with Gasteiger partial charge < -0.3 is 10.1 Å². The number of hydrogen-bond donors (Lipinski definition) is 1. The van der Waals surface area contributed by atoms with E-state index in [-0.39, 0.29) is 12.1 Å². The molecular formula is C12H17NO3. The minimum Gasteiger partial charge on any atom is -0.376 e. The first kappa shape index (κ1) is 11.3. The van der Waals surface area contributed by atoms with Crippen LogP contribution in [0.3, 0.4) is 0 Å². The predicted octanol–water partition coefficient (Wildman–Crippen LogP) is 1.04. The lowest BCUT2D eigenvalue weighted by Gasteiger charge is -2.24. The smallest absolute Gasteiger partial charge is 0.248 e. The van der Waals surface area contributed by atoms with Gasteiger partial charge in [0.1, 0.15) is 0 Å². The zero-order chi connectivity index (χ0) is 11.7. The molecule has 1 aliphatic rings. The first-order chi connectivity index (χ1) is 7.61. The molecule has 1 fully saturated rings. The summed E-state index contributed by atoms with van der Waals surface area (Å²) in [5, 5.41) is 3.11. The first-order valence-electron chi connectivity index (χ1n) is 5.84. The molecule has 0 unspecified atom stereocenters. The number of ether oxygens (including phenoxy) is 1. The molecule has 0 spiro atoms. The Morgan fingerprint density at radius 2 is 2.25 bits per heavy atom. The number of nitrogens with one attached hydrogen (secondary N) is 1. The number of anilines is 1. The second-order valence-corrected chi connectivity index (χ2v) is 4.47. The molecule has 0 amide bonds. The van der Waals surface area contributed by atoms with Gasteiger partial charge in [-0.25, -0.2) is 0 Å². The number of rotatable bonds is 4. The highest BCUT2D eigenvalue weighted by atomic mass is 16.5. The van der Waals surface area contributed by atoms with Gasteiger partial charge in [0.15, 0.2) is 0 Å². The molecule has 1 saturated heterocycles. The summed E-state index contributed by atoms with van der Waals surface area (Å²) in [6.45, 7) is 4.11. The SMILES string of the molecule is CC[C@@H](Nc1cc(=O)c1=O)[C@H]1CC[C@@H](C)O1. The van der Waals surface area contributed by atoms with Crippen molar-refractivity contribution in [2.75, 3.05) is 5.32 Å². The summed E-state index contributed by atoms with van der Waals surface area (Å²) in [5.41, 5.74) is -0.359. The Morgan fingerprint density at radius 3 is 2.69 bits per heavy atom. The summed E-state index contributed by atoms with van der Waals surface area (Å²) >= 11 is 0. The van der Waals surface area contributed by atoms with E-state index in [1.165, 1.54) is 6.07 Å². The van der Waals surface area contributed by atoms with Crippen LogP contribution in [0.1, 0.15) is 33.1 Å². The normalized spacial score (nSPS) is 27.1. The summed E-state index contributed by atoms with van der Waals surface area (Å²) < 4.78 is 5.76. The van der Waals surface area contributed by atoms with Gasteiger partial charge in [-0.2, -0.15) is 0 Å². The lowest BCUT2D eigenvalue weighted by atomic mass is 10.0. The lowest BCUT2D eigenvalue weighted by Crippen LogP contribution is -2.40. The average Bonchev–Trinajstić information content (AvgIpc) is 2.70. The quantitative estimate of drug-likeness (QED) is 0.775. The molecule has 1 N–H and O–H groups in total.